The van der Waals surface area contributed by atoms with Crippen molar-refractivity contribution < 1.29 is 8.42 Å². The third kappa shape index (κ3) is 6.21. The van der Waals surface area contributed by atoms with E-state index in [1.165, 1.54) is 0 Å². The van der Waals surface area contributed by atoms with Gasteiger partial charge in [-0.2, -0.15) is 5.26 Å². The number of benzene rings is 3. The van der Waals surface area contributed by atoms with Crippen LogP contribution in [-0.4, -0.2) is 20.5 Å². The summed E-state index contributed by atoms with van der Waals surface area (Å²) in [6, 6.07) is 23.8. The summed E-state index contributed by atoms with van der Waals surface area (Å²) in [6.07, 6.45) is 0. The first kappa shape index (κ1) is 23.1. The Morgan fingerprint density at radius 3 is 2.31 bits per heavy atom. The number of anilines is 1. The van der Waals surface area contributed by atoms with E-state index in [-0.39, 0.29) is 4.90 Å². The van der Waals surface area contributed by atoms with E-state index < -0.39 is 15.6 Å². The molecular weight excluding hydrogens is 418 g/mol. The van der Waals surface area contributed by atoms with Crippen LogP contribution in [0, 0.1) is 23.2 Å². The molecule has 0 saturated heterocycles. The maximum atomic E-state index is 12.9. The lowest BCUT2D eigenvalue weighted by molar-refractivity contribution is 0.491. The van der Waals surface area contributed by atoms with E-state index in [0.717, 1.165) is 16.8 Å². The largest absolute Gasteiger partial charge is 0.374 e. The molecule has 0 fully saturated rings. The molecule has 6 heteroatoms. The van der Waals surface area contributed by atoms with Gasteiger partial charge in [0.25, 0.3) is 0 Å². The highest BCUT2D eigenvalue weighted by atomic mass is 32.2. The smallest absolute Gasteiger partial charge is 0.241 e. The Labute approximate surface area is 190 Å². The summed E-state index contributed by atoms with van der Waals surface area (Å²) in [7, 11) is -3.66. The molecule has 0 radical (unpaired) electrons. The van der Waals surface area contributed by atoms with Crippen LogP contribution in [0.3, 0.4) is 0 Å². The highest BCUT2D eigenvalue weighted by molar-refractivity contribution is 7.89. The molecule has 5 nitrogen and oxygen atoms in total. The Morgan fingerprint density at radius 1 is 0.906 bits per heavy atom. The molecule has 0 amide bonds. The molecule has 0 unspecified atom stereocenters. The van der Waals surface area contributed by atoms with Gasteiger partial charge in [-0.25, -0.2) is 13.1 Å². The van der Waals surface area contributed by atoms with Crippen molar-refractivity contribution in [3.63, 3.8) is 0 Å². The van der Waals surface area contributed by atoms with Gasteiger partial charge < -0.3 is 5.32 Å². The van der Waals surface area contributed by atoms with E-state index in [9.17, 15) is 8.42 Å². The van der Waals surface area contributed by atoms with Crippen LogP contribution in [-0.2, 0) is 10.0 Å². The lowest BCUT2D eigenvalue weighted by atomic mass is 10.0. The van der Waals surface area contributed by atoms with Gasteiger partial charge in [-0.05, 0) is 62.7 Å². The zero-order valence-electron chi connectivity index (χ0n) is 18.3. The molecule has 0 saturated carbocycles. The number of hydrogen-bond donors (Lipinski definition) is 2. The summed E-state index contributed by atoms with van der Waals surface area (Å²) in [4.78, 5) is 0.248. The Bertz CT molecular complexity index is 1300. The molecule has 2 N–H and O–H groups in total. The maximum Gasteiger partial charge on any atom is 0.241 e. The Morgan fingerprint density at radius 2 is 1.62 bits per heavy atom. The summed E-state index contributed by atoms with van der Waals surface area (Å²) >= 11 is 0. The molecule has 0 aromatic heterocycles. The minimum absolute atomic E-state index is 0.248. The number of hydrogen-bond acceptors (Lipinski definition) is 4. The van der Waals surface area contributed by atoms with Crippen LogP contribution in [0.5, 0.6) is 0 Å². The number of sulfonamides is 1. The van der Waals surface area contributed by atoms with Crippen LogP contribution < -0.4 is 10.0 Å². The van der Waals surface area contributed by atoms with E-state index in [2.05, 4.69) is 27.9 Å². The average Bonchev–Trinajstić information content (AvgIpc) is 2.76. The van der Waals surface area contributed by atoms with Crippen molar-refractivity contribution in [3.05, 3.63) is 83.9 Å². The monoisotopic (exact) mass is 443 g/mol. The van der Waals surface area contributed by atoms with Crippen molar-refractivity contribution in [1.82, 2.24) is 4.72 Å². The first-order valence-electron chi connectivity index (χ1n) is 10.1. The van der Waals surface area contributed by atoms with Crippen LogP contribution in [0.25, 0.3) is 11.1 Å². The first-order chi connectivity index (χ1) is 15.2. The van der Waals surface area contributed by atoms with E-state index in [0.29, 0.717) is 17.7 Å². The van der Waals surface area contributed by atoms with E-state index in [1.54, 1.807) is 30.3 Å². The molecule has 0 heterocycles. The third-order valence-electron chi connectivity index (χ3n) is 4.42. The zero-order chi connectivity index (χ0) is 23.2. The summed E-state index contributed by atoms with van der Waals surface area (Å²) in [5, 5.41) is 12.1. The molecule has 0 aliphatic rings. The van der Waals surface area contributed by atoms with Gasteiger partial charge in [0.15, 0.2) is 0 Å². The van der Waals surface area contributed by atoms with E-state index >= 15 is 0 Å². The summed E-state index contributed by atoms with van der Waals surface area (Å²) < 4.78 is 28.5. The fourth-order valence-corrected chi connectivity index (χ4v) is 4.77. The molecule has 162 valence electrons. The standard InChI is InChI=1S/C26H25N3O2S/c1-26(2,3)29-32(30,31)25-12-5-4-11-24(25)22-15-13-20(14-16-22)9-7-17-28-23-10-6-8-21(18-23)19-27/h4-6,8,10-16,18,28-29H,17H2,1-3H3. The molecular formula is C26H25N3O2S. The maximum absolute atomic E-state index is 12.9. The van der Waals surface area contributed by atoms with Crippen molar-refractivity contribution in [2.24, 2.45) is 0 Å². The third-order valence-corrected chi connectivity index (χ3v) is 6.23. The van der Waals surface area contributed by atoms with Crippen molar-refractivity contribution in [1.29, 1.82) is 5.26 Å². The van der Waals surface area contributed by atoms with Gasteiger partial charge in [0.2, 0.25) is 10.0 Å². The van der Waals surface area contributed by atoms with Crippen molar-refractivity contribution in [2.45, 2.75) is 31.2 Å². The molecule has 3 aromatic rings. The molecule has 0 bridgehead atoms. The lowest BCUT2D eigenvalue weighted by Crippen LogP contribution is -2.40. The quantitative estimate of drug-likeness (QED) is 0.557. The normalized spacial score (nSPS) is 11.2. The number of nitrogens with one attached hydrogen (secondary N) is 2. The second-order valence-electron chi connectivity index (χ2n) is 8.28. The Balaban J connectivity index is 1.75. The number of rotatable bonds is 5. The SMILES string of the molecule is CC(C)(C)NS(=O)(=O)c1ccccc1-c1ccc(C#CCNc2cccc(C#N)c2)cc1. The fourth-order valence-electron chi connectivity index (χ4n) is 3.12. The van der Waals surface area contributed by atoms with Gasteiger partial charge in [0.05, 0.1) is 23.1 Å². The average molecular weight is 444 g/mol. The molecule has 3 rings (SSSR count). The van der Waals surface area contributed by atoms with Gasteiger partial charge in [0, 0.05) is 22.4 Å². The Hall–Kier alpha value is -3.58. The number of nitrogens with zero attached hydrogens (tertiary/aromatic N) is 1. The first-order valence-corrected chi connectivity index (χ1v) is 11.6. The van der Waals surface area contributed by atoms with Gasteiger partial charge in [-0.1, -0.05) is 48.2 Å². The summed E-state index contributed by atoms with van der Waals surface area (Å²) in [5.74, 6) is 6.15. The molecule has 0 aliphatic carbocycles. The molecule has 3 aromatic carbocycles. The van der Waals surface area contributed by atoms with Crippen molar-refractivity contribution >= 4 is 15.7 Å². The van der Waals surface area contributed by atoms with Crippen LogP contribution >= 0.6 is 0 Å². The van der Waals surface area contributed by atoms with E-state index in [1.807, 2.05) is 63.2 Å². The Kier molecular flexibility index (Phi) is 7.00. The highest BCUT2D eigenvalue weighted by Crippen LogP contribution is 2.28. The predicted molar refractivity (Wildman–Crippen MR) is 128 cm³/mol. The fraction of sp³-hybridized carbons (Fsp3) is 0.192. The predicted octanol–water partition coefficient (Wildman–Crippen LogP) is 4.77. The summed E-state index contributed by atoms with van der Waals surface area (Å²) in [6.45, 7) is 5.89. The minimum atomic E-state index is -3.66. The second-order valence-corrected chi connectivity index (χ2v) is 9.93. The zero-order valence-corrected chi connectivity index (χ0v) is 19.1. The van der Waals surface area contributed by atoms with Crippen LogP contribution in [0.1, 0.15) is 31.9 Å². The molecule has 32 heavy (non-hydrogen) atoms. The second kappa shape index (κ2) is 9.70. The van der Waals surface area contributed by atoms with Gasteiger partial charge >= 0.3 is 0 Å². The molecule has 0 spiro atoms. The molecule has 0 aliphatic heterocycles. The van der Waals surface area contributed by atoms with E-state index in [4.69, 9.17) is 5.26 Å². The van der Waals surface area contributed by atoms with Gasteiger partial charge in [-0.3, -0.25) is 0 Å². The number of nitriles is 1. The van der Waals surface area contributed by atoms with Crippen molar-refractivity contribution in [3.8, 4) is 29.0 Å². The van der Waals surface area contributed by atoms with Crippen molar-refractivity contribution in [2.75, 3.05) is 11.9 Å². The summed E-state index contributed by atoms with van der Waals surface area (Å²) in [5.41, 5.74) is 3.14. The van der Waals surface area contributed by atoms with Crippen LogP contribution in [0.2, 0.25) is 0 Å². The lowest BCUT2D eigenvalue weighted by Gasteiger charge is -2.21. The highest BCUT2D eigenvalue weighted by Gasteiger charge is 2.24. The van der Waals surface area contributed by atoms with Gasteiger partial charge in [-0.15, -0.1) is 0 Å². The minimum Gasteiger partial charge on any atom is -0.374 e. The van der Waals surface area contributed by atoms with Gasteiger partial charge in [0.1, 0.15) is 0 Å². The van der Waals surface area contributed by atoms with Crippen LogP contribution in [0.15, 0.2) is 77.7 Å². The topological polar surface area (TPSA) is 82.0 Å². The van der Waals surface area contributed by atoms with Crippen LogP contribution in [0.4, 0.5) is 5.69 Å². The molecule has 0 atom stereocenters.